The number of hydrogen-bond donors (Lipinski definition) is 1. The van der Waals surface area contributed by atoms with Crippen LogP contribution in [-0.4, -0.2) is 36.9 Å². The number of rotatable bonds is 2. The molecule has 0 atom stereocenters. The van der Waals surface area contributed by atoms with Crippen molar-refractivity contribution in [2.24, 2.45) is 17.6 Å². The average Bonchev–Trinajstić information content (AvgIpc) is 2.80. The average molecular weight is 285 g/mol. The van der Waals surface area contributed by atoms with Gasteiger partial charge in [-0.1, -0.05) is 13.8 Å². The van der Waals surface area contributed by atoms with Crippen LogP contribution in [-0.2, 0) is 17.1 Å². The van der Waals surface area contributed by atoms with Gasteiger partial charge in [0.25, 0.3) is 5.91 Å². The van der Waals surface area contributed by atoms with Crippen molar-refractivity contribution in [2.45, 2.75) is 25.2 Å². The number of carbonyl (C=O) groups excluding carboxylic acids is 1. The van der Waals surface area contributed by atoms with Crippen LogP contribution in [0, 0.1) is 5.41 Å². The van der Waals surface area contributed by atoms with Crippen LogP contribution in [0.1, 0.15) is 30.8 Å². The lowest BCUT2D eigenvalue weighted by molar-refractivity contribution is 0.0769. The number of aromatic nitrogens is 1. The molecule has 2 heterocycles. The summed E-state index contributed by atoms with van der Waals surface area (Å²) in [5.74, 6) is -0.150. The van der Waals surface area contributed by atoms with E-state index in [2.05, 4.69) is 13.8 Å². The second-order valence-electron chi connectivity index (χ2n) is 5.86. The Bertz CT molecular complexity index is 616. The Morgan fingerprint density at radius 2 is 2.05 bits per heavy atom. The minimum Gasteiger partial charge on any atom is -0.345 e. The van der Waals surface area contributed by atoms with E-state index < -0.39 is 10.0 Å². The molecule has 0 aromatic carbocycles. The molecule has 0 bridgehead atoms. The maximum atomic E-state index is 12.4. The molecule has 1 aromatic heterocycles. The Morgan fingerprint density at radius 3 is 2.47 bits per heavy atom. The third kappa shape index (κ3) is 2.82. The van der Waals surface area contributed by atoms with Crippen molar-refractivity contribution < 1.29 is 13.2 Å². The number of likely N-dealkylation sites (tertiary alicyclic amines) is 1. The van der Waals surface area contributed by atoms with Gasteiger partial charge in [-0.15, -0.1) is 0 Å². The molecule has 6 nitrogen and oxygen atoms in total. The van der Waals surface area contributed by atoms with Crippen molar-refractivity contribution >= 4 is 15.9 Å². The summed E-state index contributed by atoms with van der Waals surface area (Å²) in [7, 11) is -2.13. The highest BCUT2D eigenvalue weighted by Crippen LogP contribution is 2.30. The van der Waals surface area contributed by atoms with E-state index in [4.69, 9.17) is 5.14 Å². The van der Waals surface area contributed by atoms with Gasteiger partial charge in [0.15, 0.2) is 0 Å². The Hall–Kier alpha value is -1.34. The molecule has 1 aliphatic heterocycles. The summed E-state index contributed by atoms with van der Waals surface area (Å²) in [6.07, 6.45) is 2.31. The zero-order valence-corrected chi connectivity index (χ0v) is 12.2. The molecule has 0 aliphatic carbocycles. The topological polar surface area (TPSA) is 85.4 Å². The second kappa shape index (κ2) is 4.35. The largest absolute Gasteiger partial charge is 0.345 e. The first-order valence-corrected chi connectivity index (χ1v) is 7.63. The van der Waals surface area contributed by atoms with Crippen LogP contribution in [0.5, 0.6) is 0 Å². The molecule has 2 N–H and O–H groups in total. The molecule has 19 heavy (non-hydrogen) atoms. The minimum atomic E-state index is -3.78. The molecule has 1 aliphatic rings. The summed E-state index contributed by atoms with van der Waals surface area (Å²) in [5, 5.41) is 5.07. The Labute approximate surface area is 113 Å². The smallest absolute Gasteiger partial charge is 0.270 e. The van der Waals surface area contributed by atoms with Crippen LogP contribution in [0.15, 0.2) is 17.2 Å². The lowest BCUT2D eigenvalue weighted by Crippen LogP contribution is -2.31. The van der Waals surface area contributed by atoms with Crippen LogP contribution in [0.4, 0.5) is 0 Å². The number of nitrogens with zero attached hydrogens (tertiary/aromatic N) is 2. The van der Waals surface area contributed by atoms with Gasteiger partial charge in [-0.25, -0.2) is 13.6 Å². The van der Waals surface area contributed by atoms with Crippen molar-refractivity contribution in [1.29, 1.82) is 0 Å². The van der Waals surface area contributed by atoms with Gasteiger partial charge in [0.05, 0.1) is 0 Å². The molecular formula is C12H19N3O3S. The van der Waals surface area contributed by atoms with E-state index in [9.17, 15) is 13.2 Å². The van der Waals surface area contributed by atoms with Crippen molar-refractivity contribution in [2.75, 3.05) is 13.1 Å². The zero-order valence-electron chi connectivity index (χ0n) is 11.4. The molecule has 0 spiro atoms. The molecule has 7 heteroatoms. The minimum absolute atomic E-state index is 0.0307. The van der Waals surface area contributed by atoms with Crippen LogP contribution >= 0.6 is 0 Å². The molecule has 1 aromatic rings. The fraction of sp³-hybridized carbons (Fsp3) is 0.583. The highest BCUT2D eigenvalue weighted by atomic mass is 32.2. The van der Waals surface area contributed by atoms with Gasteiger partial charge >= 0.3 is 0 Å². The number of carbonyl (C=O) groups is 1. The van der Waals surface area contributed by atoms with Crippen LogP contribution in [0.25, 0.3) is 0 Å². The monoisotopic (exact) mass is 285 g/mol. The maximum absolute atomic E-state index is 12.4. The lowest BCUT2D eigenvalue weighted by atomic mass is 9.93. The van der Waals surface area contributed by atoms with E-state index >= 15 is 0 Å². The van der Waals surface area contributed by atoms with Crippen LogP contribution < -0.4 is 5.14 Å². The first-order chi connectivity index (χ1) is 8.60. The van der Waals surface area contributed by atoms with Gasteiger partial charge in [-0.3, -0.25) is 4.79 Å². The summed E-state index contributed by atoms with van der Waals surface area (Å²) < 4.78 is 24.1. The quantitative estimate of drug-likeness (QED) is 0.860. The zero-order chi connectivity index (χ0) is 14.4. The molecule has 0 radical (unpaired) electrons. The summed E-state index contributed by atoms with van der Waals surface area (Å²) in [4.78, 5) is 14.1. The normalized spacial score (nSPS) is 18.8. The van der Waals surface area contributed by atoms with Crippen molar-refractivity contribution in [3.8, 4) is 0 Å². The number of nitrogens with two attached hydrogens (primary N) is 1. The van der Waals surface area contributed by atoms with Crippen molar-refractivity contribution in [1.82, 2.24) is 9.47 Å². The van der Waals surface area contributed by atoms with E-state index in [0.29, 0.717) is 18.8 Å². The second-order valence-corrected chi connectivity index (χ2v) is 7.42. The van der Waals surface area contributed by atoms with Gasteiger partial charge in [0.1, 0.15) is 10.6 Å². The van der Waals surface area contributed by atoms with E-state index in [1.165, 1.54) is 16.8 Å². The summed E-state index contributed by atoms with van der Waals surface area (Å²) >= 11 is 0. The molecule has 1 amide bonds. The van der Waals surface area contributed by atoms with E-state index in [0.717, 1.165) is 6.42 Å². The fourth-order valence-electron chi connectivity index (χ4n) is 2.35. The van der Waals surface area contributed by atoms with Crippen molar-refractivity contribution in [3.05, 3.63) is 18.0 Å². The summed E-state index contributed by atoms with van der Waals surface area (Å²) in [5.41, 5.74) is 0.464. The molecule has 1 fully saturated rings. The summed E-state index contributed by atoms with van der Waals surface area (Å²) in [6, 6.07) is 1.34. The maximum Gasteiger partial charge on any atom is 0.270 e. The van der Waals surface area contributed by atoms with E-state index in [1.54, 1.807) is 11.9 Å². The molecule has 106 valence electrons. The predicted octanol–water partition coefficient (Wildman–Crippen LogP) is 0.545. The third-order valence-electron chi connectivity index (χ3n) is 3.49. The standard InChI is InChI=1S/C12H19N3O3S/c1-12(2)4-5-15(8-12)11(16)10-6-9(7-14(10)3)19(13,17)18/h6-7H,4-5,8H2,1-3H3,(H2,13,17,18). The van der Waals surface area contributed by atoms with Gasteiger partial charge in [0.2, 0.25) is 10.0 Å². The number of aryl methyl sites for hydroxylation is 1. The first-order valence-electron chi connectivity index (χ1n) is 6.09. The SMILES string of the molecule is Cn1cc(S(N)(=O)=O)cc1C(=O)N1CCC(C)(C)C1. The Balaban J connectivity index is 2.28. The highest BCUT2D eigenvalue weighted by molar-refractivity contribution is 7.89. The van der Waals surface area contributed by atoms with Gasteiger partial charge in [0, 0.05) is 26.3 Å². The third-order valence-corrected chi connectivity index (χ3v) is 4.37. The number of primary sulfonamides is 1. The highest BCUT2D eigenvalue weighted by Gasteiger charge is 2.33. The van der Waals surface area contributed by atoms with Crippen LogP contribution in [0.3, 0.4) is 0 Å². The first kappa shape index (κ1) is 14.1. The lowest BCUT2D eigenvalue weighted by Gasteiger charge is -2.19. The predicted molar refractivity (Wildman–Crippen MR) is 71.1 cm³/mol. The Kier molecular flexibility index (Phi) is 3.22. The van der Waals surface area contributed by atoms with Crippen LogP contribution in [0.2, 0.25) is 0 Å². The molecule has 2 rings (SSSR count). The van der Waals surface area contributed by atoms with Crippen molar-refractivity contribution in [3.63, 3.8) is 0 Å². The number of sulfonamides is 1. The molecule has 0 unspecified atom stereocenters. The summed E-state index contributed by atoms with van der Waals surface area (Å²) in [6.45, 7) is 5.60. The molecular weight excluding hydrogens is 266 g/mol. The molecule has 0 saturated carbocycles. The van der Waals surface area contributed by atoms with E-state index in [-0.39, 0.29) is 16.2 Å². The number of hydrogen-bond acceptors (Lipinski definition) is 3. The van der Waals surface area contributed by atoms with E-state index in [1.807, 2.05) is 0 Å². The Morgan fingerprint density at radius 1 is 1.42 bits per heavy atom. The number of amides is 1. The molecule has 1 saturated heterocycles. The van der Waals surface area contributed by atoms with Gasteiger partial charge in [-0.2, -0.15) is 0 Å². The fourth-order valence-corrected chi connectivity index (χ4v) is 2.93. The van der Waals surface area contributed by atoms with Gasteiger partial charge in [-0.05, 0) is 17.9 Å². The van der Waals surface area contributed by atoms with Gasteiger partial charge < -0.3 is 9.47 Å².